The average Bonchev–Trinajstić information content (AvgIpc) is 2.60. The van der Waals surface area contributed by atoms with Crippen molar-refractivity contribution in [3.63, 3.8) is 0 Å². The summed E-state index contributed by atoms with van der Waals surface area (Å²) in [5.41, 5.74) is 1.05. The van der Waals surface area contributed by atoms with Gasteiger partial charge in [0.15, 0.2) is 17.6 Å². The molecule has 1 amide bonds. The van der Waals surface area contributed by atoms with E-state index >= 15 is 0 Å². The van der Waals surface area contributed by atoms with Crippen molar-refractivity contribution in [2.75, 3.05) is 13.7 Å². The highest BCUT2D eigenvalue weighted by molar-refractivity contribution is 5.80. The summed E-state index contributed by atoms with van der Waals surface area (Å²) in [7, 11) is 1.56. The third-order valence-electron chi connectivity index (χ3n) is 3.60. The van der Waals surface area contributed by atoms with Crippen molar-refractivity contribution >= 4 is 5.91 Å². The van der Waals surface area contributed by atoms with Gasteiger partial charge < -0.3 is 14.8 Å². The van der Waals surface area contributed by atoms with Crippen LogP contribution in [0.25, 0.3) is 0 Å². The van der Waals surface area contributed by atoms with Crippen molar-refractivity contribution in [1.82, 2.24) is 5.32 Å². The molecule has 0 aromatic heterocycles. The number of amides is 1. The van der Waals surface area contributed by atoms with Crippen LogP contribution in [0.2, 0.25) is 0 Å². The summed E-state index contributed by atoms with van der Waals surface area (Å²) in [5, 5.41) is 2.84. The number of nitrogens with one attached hydrogen (secondary N) is 1. The first-order chi connectivity index (χ1) is 11.6. The SMILES string of the molecule is COc1ccccc1O[C@H](C)C(=O)NCCCc1ccc(F)cc1. The van der Waals surface area contributed by atoms with Crippen LogP contribution in [0.4, 0.5) is 4.39 Å². The summed E-state index contributed by atoms with van der Waals surface area (Å²) in [6.07, 6.45) is 0.938. The van der Waals surface area contributed by atoms with Gasteiger partial charge in [-0.1, -0.05) is 24.3 Å². The molecule has 0 aliphatic carbocycles. The topological polar surface area (TPSA) is 47.6 Å². The molecule has 2 rings (SSSR count). The molecule has 0 saturated heterocycles. The Morgan fingerprint density at radius 1 is 1.12 bits per heavy atom. The minimum Gasteiger partial charge on any atom is -0.493 e. The van der Waals surface area contributed by atoms with Crippen molar-refractivity contribution in [3.05, 3.63) is 59.9 Å². The van der Waals surface area contributed by atoms with Crippen LogP contribution in [0.1, 0.15) is 18.9 Å². The summed E-state index contributed by atoms with van der Waals surface area (Å²) in [5.74, 6) is 0.705. The number of methoxy groups -OCH3 is 1. The van der Waals surface area contributed by atoms with Gasteiger partial charge in [-0.2, -0.15) is 0 Å². The molecule has 2 aromatic carbocycles. The minimum atomic E-state index is -0.618. The minimum absolute atomic E-state index is 0.181. The summed E-state index contributed by atoms with van der Waals surface area (Å²) in [6, 6.07) is 13.6. The van der Waals surface area contributed by atoms with Crippen LogP contribution in [0.3, 0.4) is 0 Å². The molecule has 0 radical (unpaired) electrons. The van der Waals surface area contributed by atoms with Crippen molar-refractivity contribution in [2.24, 2.45) is 0 Å². The second kappa shape index (κ2) is 8.91. The number of hydrogen-bond acceptors (Lipinski definition) is 3. The predicted molar refractivity (Wildman–Crippen MR) is 90.8 cm³/mol. The van der Waals surface area contributed by atoms with Gasteiger partial charge >= 0.3 is 0 Å². The fourth-order valence-corrected chi connectivity index (χ4v) is 2.26. The molecule has 0 fully saturated rings. The van der Waals surface area contributed by atoms with E-state index in [1.54, 1.807) is 38.3 Å². The highest BCUT2D eigenvalue weighted by atomic mass is 19.1. The Balaban J connectivity index is 1.74. The first-order valence-electron chi connectivity index (χ1n) is 7.92. The van der Waals surface area contributed by atoms with Crippen molar-refractivity contribution in [3.8, 4) is 11.5 Å². The van der Waals surface area contributed by atoms with Crippen LogP contribution in [-0.4, -0.2) is 25.7 Å². The molecule has 1 N–H and O–H groups in total. The lowest BCUT2D eigenvalue weighted by Gasteiger charge is -2.16. The molecule has 0 heterocycles. The normalized spacial score (nSPS) is 11.6. The second-order valence-corrected chi connectivity index (χ2v) is 5.43. The molecule has 2 aromatic rings. The fourth-order valence-electron chi connectivity index (χ4n) is 2.26. The quantitative estimate of drug-likeness (QED) is 0.755. The molecular weight excluding hydrogens is 309 g/mol. The molecule has 0 aliphatic heterocycles. The Bertz CT molecular complexity index is 658. The Kier molecular flexibility index (Phi) is 6.61. The molecule has 128 valence electrons. The van der Waals surface area contributed by atoms with Gasteiger partial charge in [0.05, 0.1) is 7.11 Å². The first kappa shape index (κ1) is 17.8. The van der Waals surface area contributed by atoms with Gasteiger partial charge in [0.1, 0.15) is 5.82 Å². The van der Waals surface area contributed by atoms with E-state index in [0.717, 1.165) is 18.4 Å². The van der Waals surface area contributed by atoms with E-state index in [1.165, 1.54) is 12.1 Å². The molecule has 24 heavy (non-hydrogen) atoms. The molecule has 0 saturated carbocycles. The number of aryl methyl sites for hydroxylation is 1. The number of carbonyl (C=O) groups excluding carboxylic acids is 1. The van der Waals surface area contributed by atoms with E-state index in [4.69, 9.17) is 9.47 Å². The van der Waals surface area contributed by atoms with Gasteiger partial charge in [0.2, 0.25) is 0 Å². The highest BCUT2D eigenvalue weighted by Crippen LogP contribution is 2.26. The zero-order chi connectivity index (χ0) is 17.4. The molecule has 0 bridgehead atoms. The molecular formula is C19H22FNO3. The maximum atomic E-state index is 12.8. The zero-order valence-corrected chi connectivity index (χ0v) is 13.9. The monoisotopic (exact) mass is 331 g/mol. The average molecular weight is 331 g/mol. The van der Waals surface area contributed by atoms with Crippen LogP contribution >= 0.6 is 0 Å². The van der Waals surface area contributed by atoms with Crippen molar-refractivity contribution in [1.29, 1.82) is 0 Å². The Morgan fingerprint density at radius 3 is 2.46 bits per heavy atom. The number of ether oxygens (including phenoxy) is 2. The van der Waals surface area contributed by atoms with Crippen LogP contribution < -0.4 is 14.8 Å². The summed E-state index contributed by atoms with van der Waals surface area (Å²) >= 11 is 0. The van der Waals surface area contributed by atoms with Gasteiger partial charge in [-0.15, -0.1) is 0 Å². The standard InChI is InChI=1S/C19H22FNO3/c1-14(24-18-8-4-3-7-17(18)23-2)19(22)21-13-5-6-15-9-11-16(20)12-10-15/h3-4,7-12,14H,5-6,13H2,1-2H3,(H,21,22)/t14-/m1/s1. The van der Waals surface area contributed by atoms with Crippen molar-refractivity contribution < 1.29 is 18.7 Å². The molecule has 0 spiro atoms. The van der Waals surface area contributed by atoms with E-state index in [2.05, 4.69) is 5.32 Å². The summed E-state index contributed by atoms with van der Waals surface area (Å²) in [6.45, 7) is 2.23. The van der Waals surface area contributed by atoms with E-state index < -0.39 is 6.10 Å². The predicted octanol–water partition coefficient (Wildman–Crippen LogP) is 3.35. The lowest BCUT2D eigenvalue weighted by Crippen LogP contribution is -2.37. The number of hydrogen-bond donors (Lipinski definition) is 1. The zero-order valence-electron chi connectivity index (χ0n) is 13.9. The van der Waals surface area contributed by atoms with E-state index in [0.29, 0.717) is 18.0 Å². The molecule has 4 nitrogen and oxygen atoms in total. The number of rotatable bonds is 8. The van der Waals surface area contributed by atoms with E-state index in [9.17, 15) is 9.18 Å². The maximum absolute atomic E-state index is 12.8. The van der Waals surface area contributed by atoms with Gasteiger partial charge in [-0.25, -0.2) is 4.39 Å². The van der Waals surface area contributed by atoms with E-state index in [-0.39, 0.29) is 11.7 Å². The molecule has 0 unspecified atom stereocenters. The Morgan fingerprint density at radius 2 is 1.79 bits per heavy atom. The number of benzene rings is 2. The summed E-state index contributed by atoms with van der Waals surface area (Å²) in [4.78, 5) is 12.1. The van der Waals surface area contributed by atoms with Crippen LogP contribution in [0.15, 0.2) is 48.5 Å². The van der Waals surface area contributed by atoms with Gasteiger partial charge in [0, 0.05) is 6.54 Å². The first-order valence-corrected chi connectivity index (χ1v) is 7.92. The number of halogens is 1. The van der Waals surface area contributed by atoms with Crippen molar-refractivity contribution in [2.45, 2.75) is 25.9 Å². The number of para-hydroxylation sites is 2. The Labute approximate surface area is 141 Å². The summed E-state index contributed by atoms with van der Waals surface area (Å²) < 4.78 is 23.7. The van der Waals surface area contributed by atoms with Gasteiger partial charge in [0.25, 0.3) is 5.91 Å². The van der Waals surface area contributed by atoms with Crippen LogP contribution in [-0.2, 0) is 11.2 Å². The third-order valence-corrected chi connectivity index (χ3v) is 3.60. The lowest BCUT2D eigenvalue weighted by molar-refractivity contribution is -0.127. The molecule has 5 heteroatoms. The second-order valence-electron chi connectivity index (χ2n) is 5.43. The number of carbonyl (C=O) groups is 1. The smallest absolute Gasteiger partial charge is 0.260 e. The molecule has 1 atom stereocenters. The third kappa shape index (κ3) is 5.26. The lowest BCUT2D eigenvalue weighted by atomic mass is 10.1. The molecule has 0 aliphatic rings. The Hall–Kier alpha value is -2.56. The van der Waals surface area contributed by atoms with Gasteiger partial charge in [-0.05, 0) is 49.6 Å². The largest absolute Gasteiger partial charge is 0.493 e. The highest BCUT2D eigenvalue weighted by Gasteiger charge is 2.15. The van der Waals surface area contributed by atoms with E-state index in [1.807, 2.05) is 12.1 Å². The fraction of sp³-hybridized carbons (Fsp3) is 0.316. The van der Waals surface area contributed by atoms with Gasteiger partial charge in [-0.3, -0.25) is 4.79 Å². The van der Waals surface area contributed by atoms with Crippen LogP contribution in [0, 0.1) is 5.82 Å². The maximum Gasteiger partial charge on any atom is 0.260 e. The van der Waals surface area contributed by atoms with Crippen LogP contribution in [0.5, 0.6) is 11.5 Å².